The average Bonchev–Trinajstić information content (AvgIpc) is 2.42. The molecule has 3 N–H and O–H groups in total. The quantitative estimate of drug-likeness (QED) is 0.557. The molecule has 0 aliphatic heterocycles. The highest BCUT2D eigenvalue weighted by atomic mass is 127. The summed E-state index contributed by atoms with van der Waals surface area (Å²) >= 11 is 13.9. The van der Waals surface area contributed by atoms with Gasteiger partial charge in [-0.05, 0) is 46.9 Å². The molecule has 1 amide bonds. The highest BCUT2D eigenvalue weighted by Crippen LogP contribution is 2.32. The van der Waals surface area contributed by atoms with Crippen LogP contribution in [0.3, 0.4) is 0 Å². The third kappa shape index (κ3) is 4.39. The van der Waals surface area contributed by atoms with Crippen molar-refractivity contribution in [3.63, 3.8) is 0 Å². The molecule has 0 atom stereocenters. The lowest BCUT2D eigenvalue weighted by Crippen LogP contribution is -2.21. The van der Waals surface area contributed by atoms with Crippen molar-refractivity contribution in [1.82, 2.24) is 0 Å². The molecule has 0 aliphatic rings. The van der Waals surface area contributed by atoms with Gasteiger partial charge in [-0.2, -0.15) is 0 Å². The number of carbonyl (C=O) groups is 1. The van der Waals surface area contributed by atoms with Crippen LogP contribution in [0.5, 0.6) is 5.75 Å². The van der Waals surface area contributed by atoms with E-state index < -0.39 is 0 Å². The molecular weight excluding hydrogens is 426 g/mol. The molecule has 2 aromatic rings. The number of para-hydroxylation sites is 1. The van der Waals surface area contributed by atoms with Crippen LogP contribution in [0.2, 0.25) is 10.0 Å². The Bertz CT molecular complexity index is 657. The van der Waals surface area contributed by atoms with Crippen molar-refractivity contribution in [3.8, 4) is 5.75 Å². The van der Waals surface area contributed by atoms with Crippen molar-refractivity contribution < 1.29 is 9.53 Å². The van der Waals surface area contributed by atoms with Gasteiger partial charge >= 0.3 is 0 Å². The predicted molar refractivity (Wildman–Crippen MR) is 94.2 cm³/mol. The van der Waals surface area contributed by atoms with Gasteiger partial charge in [0.05, 0.1) is 20.0 Å². The molecule has 0 spiro atoms. The summed E-state index contributed by atoms with van der Waals surface area (Å²) < 4.78 is 6.37. The number of hydrogen-bond donors (Lipinski definition) is 2. The number of ether oxygens (including phenoxy) is 1. The number of carbonyl (C=O) groups excluding carboxylic acids is 1. The normalized spacial score (nSPS) is 10.2. The third-order valence-corrected chi connectivity index (χ3v) is 3.95. The number of benzene rings is 2. The summed E-state index contributed by atoms with van der Waals surface area (Å²) in [7, 11) is 0. The van der Waals surface area contributed by atoms with Gasteiger partial charge in [-0.3, -0.25) is 4.79 Å². The van der Waals surface area contributed by atoms with Gasteiger partial charge in [0, 0.05) is 5.02 Å². The van der Waals surface area contributed by atoms with E-state index in [1.54, 1.807) is 6.07 Å². The van der Waals surface area contributed by atoms with Crippen LogP contribution < -0.4 is 15.8 Å². The topological polar surface area (TPSA) is 64.3 Å². The number of amides is 1. The lowest BCUT2D eigenvalue weighted by Gasteiger charge is -2.12. The summed E-state index contributed by atoms with van der Waals surface area (Å²) in [5.74, 6) is 0.286. The maximum atomic E-state index is 11.9. The highest BCUT2D eigenvalue weighted by molar-refractivity contribution is 14.1. The SMILES string of the molecule is Nc1cc(Cl)cc(Cl)c1NC(=O)COc1ccccc1I. The van der Waals surface area contributed by atoms with E-state index >= 15 is 0 Å². The zero-order valence-electron chi connectivity index (χ0n) is 10.7. The number of hydrogen-bond acceptors (Lipinski definition) is 3. The summed E-state index contributed by atoms with van der Waals surface area (Å²) in [6.45, 7) is -0.140. The van der Waals surface area contributed by atoms with E-state index in [9.17, 15) is 4.79 Å². The van der Waals surface area contributed by atoms with E-state index in [0.29, 0.717) is 22.1 Å². The Morgan fingerprint density at radius 1 is 1.29 bits per heavy atom. The largest absolute Gasteiger partial charge is 0.483 e. The first-order valence-corrected chi connectivity index (χ1v) is 7.72. The van der Waals surface area contributed by atoms with Crippen LogP contribution >= 0.6 is 45.8 Å². The van der Waals surface area contributed by atoms with Crippen LogP contribution in [0.25, 0.3) is 0 Å². The molecule has 0 fully saturated rings. The average molecular weight is 437 g/mol. The van der Waals surface area contributed by atoms with Crippen molar-refractivity contribution in [2.24, 2.45) is 0 Å². The number of anilines is 2. The van der Waals surface area contributed by atoms with Crippen LogP contribution in [0, 0.1) is 3.57 Å². The first kappa shape index (κ1) is 16.2. The second kappa shape index (κ2) is 7.20. The number of nitrogens with two attached hydrogens (primary N) is 1. The molecule has 110 valence electrons. The summed E-state index contributed by atoms with van der Waals surface area (Å²) in [6.07, 6.45) is 0. The molecule has 0 unspecified atom stereocenters. The van der Waals surface area contributed by atoms with E-state index in [-0.39, 0.29) is 17.5 Å². The fourth-order valence-electron chi connectivity index (χ4n) is 1.61. The minimum absolute atomic E-state index is 0.140. The summed E-state index contributed by atoms with van der Waals surface area (Å²) in [5.41, 5.74) is 6.41. The molecule has 0 bridgehead atoms. The van der Waals surface area contributed by atoms with Crippen molar-refractivity contribution in [1.29, 1.82) is 0 Å². The maximum absolute atomic E-state index is 11.9. The van der Waals surface area contributed by atoms with Crippen LogP contribution in [0.1, 0.15) is 0 Å². The Balaban J connectivity index is 2.01. The Hall–Kier alpha value is -1.18. The van der Waals surface area contributed by atoms with Gasteiger partial charge in [0.2, 0.25) is 0 Å². The summed E-state index contributed by atoms with van der Waals surface area (Å²) in [5, 5.41) is 3.30. The highest BCUT2D eigenvalue weighted by Gasteiger charge is 2.11. The fourth-order valence-corrected chi connectivity index (χ4v) is 2.71. The van der Waals surface area contributed by atoms with Gasteiger partial charge in [0.1, 0.15) is 5.75 Å². The monoisotopic (exact) mass is 436 g/mol. The van der Waals surface area contributed by atoms with Crippen molar-refractivity contribution >= 4 is 63.1 Å². The lowest BCUT2D eigenvalue weighted by molar-refractivity contribution is -0.118. The Morgan fingerprint density at radius 2 is 2.00 bits per heavy atom. The van der Waals surface area contributed by atoms with Crippen LogP contribution in [-0.4, -0.2) is 12.5 Å². The standard InChI is InChI=1S/C14H11Cl2IN2O2/c15-8-5-9(16)14(11(18)6-8)19-13(20)7-21-12-4-2-1-3-10(12)17/h1-6H,7,18H2,(H,19,20). The molecule has 4 nitrogen and oxygen atoms in total. The number of nitrogen functional groups attached to an aromatic ring is 1. The second-order valence-corrected chi connectivity index (χ2v) is 6.12. The molecule has 0 heterocycles. The van der Waals surface area contributed by atoms with E-state index in [2.05, 4.69) is 27.9 Å². The molecule has 2 aromatic carbocycles. The minimum atomic E-state index is -0.356. The Labute approximate surface area is 145 Å². The Morgan fingerprint density at radius 3 is 2.67 bits per heavy atom. The molecule has 2 rings (SSSR count). The first-order valence-electron chi connectivity index (χ1n) is 5.89. The minimum Gasteiger partial charge on any atom is -0.483 e. The number of halogens is 3. The maximum Gasteiger partial charge on any atom is 0.262 e. The molecule has 0 saturated carbocycles. The fraction of sp³-hybridized carbons (Fsp3) is 0.0714. The molecule has 0 aromatic heterocycles. The van der Waals surface area contributed by atoms with Gasteiger partial charge < -0.3 is 15.8 Å². The number of nitrogens with one attached hydrogen (secondary N) is 1. The van der Waals surface area contributed by atoms with Gasteiger partial charge in [-0.15, -0.1) is 0 Å². The molecule has 21 heavy (non-hydrogen) atoms. The van der Waals surface area contributed by atoms with Crippen LogP contribution in [0.4, 0.5) is 11.4 Å². The zero-order valence-corrected chi connectivity index (χ0v) is 14.4. The zero-order chi connectivity index (χ0) is 15.4. The summed E-state index contributed by atoms with van der Waals surface area (Å²) in [6, 6.07) is 10.4. The van der Waals surface area contributed by atoms with E-state index in [4.69, 9.17) is 33.7 Å². The third-order valence-electron chi connectivity index (χ3n) is 2.55. The van der Waals surface area contributed by atoms with Gasteiger partial charge in [-0.1, -0.05) is 35.3 Å². The second-order valence-electron chi connectivity index (χ2n) is 4.12. The van der Waals surface area contributed by atoms with Crippen molar-refractivity contribution in [2.75, 3.05) is 17.7 Å². The van der Waals surface area contributed by atoms with E-state index in [0.717, 1.165) is 3.57 Å². The number of rotatable bonds is 4. The summed E-state index contributed by atoms with van der Waals surface area (Å²) in [4.78, 5) is 11.9. The van der Waals surface area contributed by atoms with Crippen molar-refractivity contribution in [2.45, 2.75) is 0 Å². The van der Waals surface area contributed by atoms with Crippen molar-refractivity contribution in [3.05, 3.63) is 50.0 Å². The first-order chi connectivity index (χ1) is 9.97. The van der Waals surface area contributed by atoms with Crippen LogP contribution in [-0.2, 0) is 4.79 Å². The van der Waals surface area contributed by atoms with Gasteiger partial charge in [0.25, 0.3) is 5.91 Å². The van der Waals surface area contributed by atoms with E-state index in [1.165, 1.54) is 12.1 Å². The predicted octanol–water partition coefficient (Wildman–Crippen LogP) is 4.20. The molecule has 0 aliphatic carbocycles. The van der Waals surface area contributed by atoms with Crippen LogP contribution in [0.15, 0.2) is 36.4 Å². The molecule has 0 saturated heterocycles. The molecular formula is C14H11Cl2IN2O2. The Kier molecular flexibility index (Phi) is 5.55. The molecule has 0 radical (unpaired) electrons. The van der Waals surface area contributed by atoms with Gasteiger partial charge in [0.15, 0.2) is 6.61 Å². The smallest absolute Gasteiger partial charge is 0.262 e. The van der Waals surface area contributed by atoms with E-state index in [1.807, 2.05) is 18.2 Å². The van der Waals surface area contributed by atoms with Gasteiger partial charge in [-0.25, -0.2) is 0 Å². The lowest BCUT2D eigenvalue weighted by atomic mass is 10.2. The molecule has 7 heteroatoms.